The summed E-state index contributed by atoms with van der Waals surface area (Å²) in [5, 5.41) is 0. The third kappa shape index (κ3) is 11.9. The van der Waals surface area contributed by atoms with E-state index in [0.29, 0.717) is 6.79 Å². The minimum Gasteiger partial charge on any atom is -0.459 e. The second-order valence-electron chi connectivity index (χ2n) is 14.4. The van der Waals surface area contributed by atoms with E-state index in [9.17, 15) is 14.4 Å². The van der Waals surface area contributed by atoms with Gasteiger partial charge in [0.25, 0.3) is 0 Å². The van der Waals surface area contributed by atoms with E-state index in [1.54, 1.807) is 12.2 Å². The molecule has 0 saturated heterocycles. The number of hydrogen-bond donors (Lipinski definition) is 0. The van der Waals surface area contributed by atoms with Gasteiger partial charge >= 0.3 is 17.9 Å². The fraction of sp³-hybridized carbons (Fsp3) is 0.356. The van der Waals surface area contributed by atoms with Crippen molar-refractivity contribution in [1.29, 1.82) is 0 Å². The highest BCUT2D eigenvalue weighted by Gasteiger charge is 2.21. The molecule has 3 unspecified atom stereocenters. The zero-order valence-corrected chi connectivity index (χ0v) is 31.8. The van der Waals surface area contributed by atoms with Crippen LogP contribution in [0, 0.1) is 6.92 Å². The van der Waals surface area contributed by atoms with Gasteiger partial charge in [0.2, 0.25) is 13.6 Å². The van der Waals surface area contributed by atoms with Crippen molar-refractivity contribution in [1.82, 2.24) is 0 Å². The van der Waals surface area contributed by atoms with E-state index >= 15 is 0 Å². The molecule has 0 bridgehead atoms. The summed E-state index contributed by atoms with van der Waals surface area (Å²) in [6, 6.07) is 20.2. The van der Waals surface area contributed by atoms with Crippen LogP contribution in [0.1, 0.15) is 75.1 Å². The van der Waals surface area contributed by atoms with Crippen molar-refractivity contribution in [3.8, 4) is 23.0 Å². The number of ether oxygens (including phenoxy) is 7. The molecule has 10 heteroatoms. The highest BCUT2D eigenvalue weighted by Crippen LogP contribution is 2.34. The van der Waals surface area contributed by atoms with E-state index in [1.165, 1.54) is 22.8 Å². The molecule has 0 N–H and O–H groups in total. The number of cyclic esters (lactones) is 3. The van der Waals surface area contributed by atoms with Crippen LogP contribution >= 0.6 is 0 Å². The average molecular weight is 749 g/mol. The molecule has 0 radical (unpaired) electrons. The SMILES string of the molecule is CC1=CC(=O)OC(/C=C/c2ccc3c(c2)OCO3)C1.CC1=CC(=O)OC(CCc2ccc(C)cc2)C1.CC1=CC(=O)OC(CCc2ccc3c(c2)OCO3)C1. The molecule has 5 heterocycles. The van der Waals surface area contributed by atoms with E-state index in [0.717, 1.165) is 90.2 Å². The lowest BCUT2D eigenvalue weighted by atomic mass is 9.99. The van der Waals surface area contributed by atoms with Crippen molar-refractivity contribution in [3.63, 3.8) is 0 Å². The third-order valence-electron chi connectivity index (χ3n) is 9.52. The molecular weight excluding hydrogens is 700 g/mol. The minimum atomic E-state index is -0.274. The maximum Gasteiger partial charge on any atom is 0.331 e. The molecule has 5 aliphatic heterocycles. The second-order valence-corrected chi connectivity index (χ2v) is 14.4. The van der Waals surface area contributed by atoms with E-state index < -0.39 is 0 Å². The second kappa shape index (κ2) is 18.5. The zero-order chi connectivity index (χ0) is 38.7. The normalized spacial score (nSPS) is 20.8. The van der Waals surface area contributed by atoms with Crippen LogP contribution < -0.4 is 18.9 Å². The number of fused-ring (bicyclic) bond motifs is 2. The summed E-state index contributed by atoms with van der Waals surface area (Å²) in [6.07, 6.45) is 14.4. The number of rotatable bonds is 8. The molecule has 3 aromatic carbocycles. The molecule has 0 fully saturated rings. The van der Waals surface area contributed by atoms with Gasteiger partial charge in [-0.2, -0.15) is 0 Å². The lowest BCUT2D eigenvalue weighted by Crippen LogP contribution is -2.22. The lowest BCUT2D eigenvalue weighted by molar-refractivity contribution is -0.145. The Morgan fingerprint density at radius 3 is 1.62 bits per heavy atom. The van der Waals surface area contributed by atoms with Crippen molar-refractivity contribution >= 4 is 24.0 Å². The fourth-order valence-corrected chi connectivity index (χ4v) is 6.69. The largest absolute Gasteiger partial charge is 0.459 e. The lowest BCUT2D eigenvalue weighted by Gasteiger charge is -2.21. The van der Waals surface area contributed by atoms with Crippen molar-refractivity contribution in [2.75, 3.05) is 13.6 Å². The summed E-state index contributed by atoms with van der Waals surface area (Å²) in [7, 11) is 0. The Morgan fingerprint density at radius 1 is 0.545 bits per heavy atom. The molecule has 10 nitrogen and oxygen atoms in total. The number of carbonyl (C=O) groups excluding carboxylic acids is 3. The van der Waals surface area contributed by atoms with E-state index in [2.05, 4.69) is 31.2 Å². The Labute approximate surface area is 322 Å². The van der Waals surface area contributed by atoms with Crippen LogP contribution in [0.2, 0.25) is 0 Å². The first-order valence-corrected chi connectivity index (χ1v) is 18.7. The predicted molar refractivity (Wildman–Crippen MR) is 207 cm³/mol. The maximum atomic E-state index is 11.3. The van der Waals surface area contributed by atoms with Crippen LogP contribution in [0.3, 0.4) is 0 Å². The Hall–Kier alpha value is -5.77. The molecule has 0 saturated carbocycles. The van der Waals surface area contributed by atoms with E-state index in [4.69, 9.17) is 33.2 Å². The molecule has 0 amide bonds. The van der Waals surface area contributed by atoms with Gasteiger partial charge in [0.15, 0.2) is 23.0 Å². The first kappa shape index (κ1) is 38.9. The highest BCUT2D eigenvalue weighted by atomic mass is 16.7. The monoisotopic (exact) mass is 748 g/mol. The molecule has 0 aliphatic carbocycles. The smallest absolute Gasteiger partial charge is 0.331 e. The molecular formula is C45H48O10. The number of hydrogen-bond acceptors (Lipinski definition) is 10. The molecule has 5 aliphatic rings. The fourth-order valence-electron chi connectivity index (χ4n) is 6.69. The molecule has 8 rings (SSSR count). The molecule has 288 valence electrons. The topological polar surface area (TPSA) is 116 Å². The Kier molecular flexibility index (Phi) is 13.1. The molecule has 3 atom stereocenters. The van der Waals surface area contributed by atoms with Crippen molar-refractivity contribution in [2.24, 2.45) is 0 Å². The van der Waals surface area contributed by atoms with Crippen LogP contribution in [-0.4, -0.2) is 49.8 Å². The molecule has 0 spiro atoms. The third-order valence-corrected chi connectivity index (χ3v) is 9.52. The Morgan fingerprint density at radius 2 is 1.04 bits per heavy atom. The summed E-state index contributed by atoms with van der Waals surface area (Å²) >= 11 is 0. The van der Waals surface area contributed by atoms with E-state index in [-0.39, 0.29) is 43.0 Å². The Bertz CT molecular complexity index is 1990. The number of aryl methyl sites for hydroxylation is 3. The van der Waals surface area contributed by atoms with Gasteiger partial charge in [-0.1, -0.05) is 64.8 Å². The summed E-state index contributed by atoms with van der Waals surface area (Å²) in [5.74, 6) is 2.42. The summed E-state index contributed by atoms with van der Waals surface area (Å²) in [4.78, 5) is 33.8. The average Bonchev–Trinajstić information content (AvgIpc) is 3.82. The van der Waals surface area contributed by atoms with Gasteiger partial charge in [-0.15, -0.1) is 0 Å². The van der Waals surface area contributed by atoms with Crippen molar-refractivity contribution in [2.45, 2.75) is 91.0 Å². The van der Waals surface area contributed by atoms with Crippen LogP contribution in [0.5, 0.6) is 23.0 Å². The minimum absolute atomic E-state index is 0.0112. The van der Waals surface area contributed by atoms with Crippen LogP contribution in [0.25, 0.3) is 6.08 Å². The molecule has 55 heavy (non-hydrogen) atoms. The van der Waals surface area contributed by atoms with Gasteiger partial charge in [-0.3, -0.25) is 0 Å². The van der Waals surface area contributed by atoms with Gasteiger partial charge in [-0.05, 0) is 100 Å². The van der Waals surface area contributed by atoms with Crippen LogP contribution in [0.4, 0.5) is 0 Å². The summed E-state index contributed by atoms with van der Waals surface area (Å²) in [6.45, 7) is 8.53. The quantitative estimate of drug-likeness (QED) is 0.164. The van der Waals surface area contributed by atoms with E-state index in [1.807, 2.05) is 69.3 Å². The number of esters is 3. The number of benzene rings is 3. The molecule has 0 aromatic heterocycles. The Balaban J connectivity index is 0.000000141. The van der Waals surface area contributed by atoms with Crippen LogP contribution in [-0.2, 0) is 41.4 Å². The van der Waals surface area contributed by atoms with Gasteiger partial charge in [0.1, 0.15) is 18.3 Å². The molecule has 3 aromatic rings. The van der Waals surface area contributed by atoms with Gasteiger partial charge in [0, 0.05) is 37.5 Å². The summed E-state index contributed by atoms with van der Waals surface area (Å²) in [5.41, 5.74) is 7.99. The number of carbonyl (C=O) groups is 3. The van der Waals surface area contributed by atoms with Gasteiger partial charge in [0.05, 0.1) is 0 Å². The van der Waals surface area contributed by atoms with Gasteiger partial charge in [-0.25, -0.2) is 14.4 Å². The first-order valence-electron chi connectivity index (χ1n) is 18.7. The maximum absolute atomic E-state index is 11.3. The highest BCUT2D eigenvalue weighted by molar-refractivity contribution is 5.84. The van der Waals surface area contributed by atoms with Gasteiger partial charge < -0.3 is 33.2 Å². The zero-order valence-electron chi connectivity index (χ0n) is 31.8. The van der Waals surface area contributed by atoms with Crippen molar-refractivity contribution in [3.05, 3.63) is 124 Å². The standard InChI is InChI=1S/C15H16O4.C15H14O4.C15H18O2/c2*1-10-6-12(19-15(16)7-10)4-2-11-3-5-13-14(8-11)18-9-17-13;1-11-3-5-13(6-4-11)7-8-14-9-12(2)10-15(16)17-14/h3,5,7-8,12H,2,4,6,9H2,1H3;2-5,7-8,12H,6,9H2,1H3;3-6,10,14H,7-9H2,1-2H3/b;4-2+;. The van der Waals surface area contributed by atoms with Crippen molar-refractivity contribution < 1.29 is 47.5 Å². The first-order chi connectivity index (χ1) is 26.5. The predicted octanol–water partition coefficient (Wildman–Crippen LogP) is 8.49. The summed E-state index contributed by atoms with van der Waals surface area (Å²) < 4.78 is 37.0. The van der Waals surface area contributed by atoms with Crippen LogP contribution in [0.15, 0.2) is 102 Å².